The average Bonchev–Trinajstić information content (AvgIpc) is 2.85. The molecule has 1 saturated carbocycles. The number of anilines is 1. The molecule has 0 atom stereocenters. The van der Waals surface area contributed by atoms with Gasteiger partial charge in [-0.3, -0.25) is 14.9 Å². The van der Waals surface area contributed by atoms with E-state index in [2.05, 4.69) is 5.32 Å². The van der Waals surface area contributed by atoms with Gasteiger partial charge in [-0.15, -0.1) is 0 Å². The number of benzene rings is 1. The third-order valence-corrected chi connectivity index (χ3v) is 3.46. The molecular formula is C12H13ClN2O3. The van der Waals surface area contributed by atoms with Crippen LogP contribution < -0.4 is 5.32 Å². The van der Waals surface area contributed by atoms with Gasteiger partial charge in [-0.25, -0.2) is 0 Å². The summed E-state index contributed by atoms with van der Waals surface area (Å²) in [6.07, 6.45) is 3.92. The number of rotatable bonds is 3. The van der Waals surface area contributed by atoms with E-state index in [0.717, 1.165) is 25.7 Å². The normalized spacial score (nSPS) is 15.6. The molecule has 1 amide bonds. The maximum Gasteiger partial charge on any atom is 0.289 e. The highest BCUT2D eigenvalue weighted by atomic mass is 35.5. The summed E-state index contributed by atoms with van der Waals surface area (Å²) in [5.74, 6) is -0.0381. The Bertz CT molecular complexity index is 484. The lowest BCUT2D eigenvalue weighted by Crippen LogP contribution is -2.20. The molecule has 1 fully saturated rings. The minimum absolute atomic E-state index is 0.0275. The van der Waals surface area contributed by atoms with Crippen LogP contribution >= 0.6 is 11.6 Å². The standard InChI is InChI=1S/C12H13ClN2O3/c13-10-6-5-9(7-11(10)15(17)18)14-12(16)8-3-1-2-4-8/h5-8H,1-4H2,(H,14,16). The number of nitro groups is 1. The maximum atomic E-state index is 11.9. The van der Waals surface area contributed by atoms with Crippen molar-refractivity contribution in [3.63, 3.8) is 0 Å². The van der Waals surface area contributed by atoms with Gasteiger partial charge in [-0.05, 0) is 25.0 Å². The number of hydrogen-bond donors (Lipinski definition) is 1. The van der Waals surface area contributed by atoms with Gasteiger partial charge in [0.05, 0.1) is 4.92 Å². The van der Waals surface area contributed by atoms with E-state index in [-0.39, 0.29) is 22.5 Å². The van der Waals surface area contributed by atoms with E-state index in [0.29, 0.717) is 5.69 Å². The van der Waals surface area contributed by atoms with Gasteiger partial charge in [0.1, 0.15) is 5.02 Å². The number of halogens is 1. The van der Waals surface area contributed by atoms with E-state index in [9.17, 15) is 14.9 Å². The third-order valence-electron chi connectivity index (χ3n) is 3.14. The topological polar surface area (TPSA) is 72.2 Å². The van der Waals surface area contributed by atoms with Crippen molar-refractivity contribution in [2.45, 2.75) is 25.7 Å². The number of carbonyl (C=O) groups excluding carboxylic acids is 1. The van der Waals surface area contributed by atoms with Crippen LogP contribution in [0.25, 0.3) is 0 Å². The lowest BCUT2D eigenvalue weighted by Gasteiger charge is -2.10. The van der Waals surface area contributed by atoms with Gasteiger partial charge in [0.2, 0.25) is 5.91 Å². The number of nitro benzene ring substituents is 1. The molecule has 1 aliphatic rings. The van der Waals surface area contributed by atoms with E-state index in [1.54, 1.807) is 6.07 Å². The van der Waals surface area contributed by atoms with Crippen LogP contribution in [0.4, 0.5) is 11.4 Å². The second kappa shape index (κ2) is 5.35. The highest BCUT2D eigenvalue weighted by Crippen LogP contribution is 2.29. The molecular weight excluding hydrogens is 256 g/mol. The Morgan fingerprint density at radius 1 is 1.39 bits per heavy atom. The van der Waals surface area contributed by atoms with Crippen molar-refractivity contribution < 1.29 is 9.72 Å². The van der Waals surface area contributed by atoms with Crippen molar-refractivity contribution in [3.05, 3.63) is 33.3 Å². The third kappa shape index (κ3) is 2.79. The molecule has 1 N–H and O–H groups in total. The number of amides is 1. The Morgan fingerprint density at radius 2 is 2.06 bits per heavy atom. The Balaban J connectivity index is 2.11. The molecule has 1 aromatic carbocycles. The molecule has 0 heterocycles. The first-order chi connectivity index (χ1) is 8.58. The van der Waals surface area contributed by atoms with Crippen LogP contribution in [-0.4, -0.2) is 10.8 Å². The molecule has 0 aromatic heterocycles. The van der Waals surface area contributed by atoms with Crippen LogP contribution in [0.1, 0.15) is 25.7 Å². The largest absolute Gasteiger partial charge is 0.326 e. The average molecular weight is 269 g/mol. The molecule has 0 spiro atoms. The molecule has 1 aliphatic carbocycles. The summed E-state index contributed by atoms with van der Waals surface area (Å²) in [4.78, 5) is 22.0. The predicted molar refractivity (Wildman–Crippen MR) is 68.7 cm³/mol. The minimum Gasteiger partial charge on any atom is -0.326 e. The summed E-state index contributed by atoms with van der Waals surface area (Å²) < 4.78 is 0. The van der Waals surface area contributed by atoms with Gasteiger partial charge in [0.15, 0.2) is 0 Å². The summed E-state index contributed by atoms with van der Waals surface area (Å²) in [5, 5.41) is 13.5. The van der Waals surface area contributed by atoms with Gasteiger partial charge < -0.3 is 5.32 Å². The van der Waals surface area contributed by atoms with Crippen molar-refractivity contribution in [2.24, 2.45) is 5.92 Å². The molecule has 6 heteroatoms. The van der Waals surface area contributed by atoms with Gasteiger partial charge in [0, 0.05) is 17.7 Å². The van der Waals surface area contributed by atoms with Crippen molar-refractivity contribution in [2.75, 3.05) is 5.32 Å². The van der Waals surface area contributed by atoms with Crippen LogP contribution in [-0.2, 0) is 4.79 Å². The lowest BCUT2D eigenvalue weighted by atomic mass is 10.1. The minimum atomic E-state index is -0.562. The zero-order valence-electron chi connectivity index (χ0n) is 9.69. The SMILES string of the molecule is O=C(Nc1ccc(Cl)c([N+](=O)[O-])c1)C1CCCC1. The Kier molecular flexibility index (Phi) is 3.81. The fourth-order valence-corrected chi connectivity index (χ4v) is 2.35. The van der Waals surface area contributed by atoms with E-state index in [4.69, 9.17) is 11.6 Å². The number of nitrogens with zero attached hydrogens (tertiary/aromatic N) is 1. The molecule has 96 valence electrons. The van der Waals surface area contributed by atoms with Crippen molar-refractivity contribution >= 4 is 28.9 Å². The van der Waals surface area contributed by atoms with Crippen LogP contribution in [0.5, 0.6) is 0 Å². The predicted octanol–water partition coefficient (Wildman–Crippen LogP) is 3.38. The molecule has 18 heavy (non-hydrogen) atoms. The molecule has 0 aliphatic heterocycles. The first-order valence-electron chi connectivity index (χ1n) is 5.83. The molecule has 0 bridgehead atoms. The number of nitrogens with one attached hydrogen (secondary N) is 1. The zero-order valence-corrected chi connectivity index (χ0v) is 10.4. The quantitative estimate of drug-likeness (QED) is 0.675. The van der Waals surface area contributed by atoms with Gasteiger partial charge in [-0.1, -0.05) is 24.4 Å². The van der Waals surface area contributed by atoms with Crippen LogP contribution in [0.2, 0.25) is 5.02 Å². The maximum absolute atomic E-state index is 11.9. The summed E-state index contributed by atoms with van der Waals surface area (Å²) in [7, 11) is 0. The first kappa shape index (κ1) is 12.8. The van der Waals surface area contributed by atoms with Crippen molar-refractivity contribution in [1.82, 2.24) is 0 Å². The van der Waals surface area contributed by atoms with Crippen molar-refractivity contribution in [3.8, 4) is 0 Å². The highest BCUT2D eigenvalue weighted by Gasteiger charge is 2.23. The second-order valence-electron chi connectivity index (χ2n) is 4.39. The molecule has 0 radical (unpaired) electrons. The number of hydrogen-bond acceptors (Lipinski definition) is 3. The summed E-state index contributed by atoms with van der Waals surface area (Å²) in [6, 6.07) is 4.28. The van der Waals surface area contributed by atoms with Crippen LogP contribution in [0, 0.1) is 16.0 Å². The molecule has 0 unspecified atom stereocenters. The van der Waals surface area contributed by atoms with Gasteiger partial charge >= 0.3 is 0 Å². The molecule has 0 saturated heterocycles. The molecule has 1 aromatic rings. The van der Waals surface area contributed by atoms with Gasteiger partial charge in [-0.2, -0.15) is 0 Å². The Hall–Kier alpha value is -1.62. The second-order valence-corrected chi connectivity index (χ2v) is 4.80. The first-order valence-corrected chi connectivity index (χ1v) is 6.20. The summed E-state index contributed by atoms with van der Waals surface area (Å²) in [6.45, 7) is 0. The van der Waals surface area contributed by atoms with E-state index in [1.165, 1.54) is 12.1 Å². The fourth-order valence-electron chi connectivity index (χ4n) is 2.16. The Labute approximate surface area is 109 Å². The van der Waals surface area contributed by atoms with E-state index in [1.807, 2.05) is 0 Å². The van der Waals surface area contributed by atoms with Gasteiger partial charge in [0.25, 0.3) is 5.69 Å². The zero-order chi connectivity index (χ0) is 13.1. The molecule has 2 rings (SSSR count). The van der Waals surface area contributed by atoms with Crippen molar-refractivity contribution in [1.29, 1.82) is 0 Å². The van der Waals surface area contributed by atoms with Crippen LogP contribution in [0.3, 0.4) is 0 Å². The highest BCUT2D eigenvalue weighted by molar-refractivity contribution is 6.32. The number of carbonyl (C=O) groups is 1. The fraction of sp³-hybridized carbons (Fsp3) is 0.417. The summed E-state index contributed by atoms with van der Waals surface area (Å²) in [5.41, 5.74) is 0.226. The van der Waals surface area contributed by atoms with Crippen LogP contribution in [0.15, 0.2) is 18.2 Å². The van der Waals surface area contributed by atoms with E-state index < -0.39 is 4.92 Å². The monoisotopic (exact) mass is 268 g/mol. The van der Waals surface area contributed by atoms with E-state index >= 15 is 0 Å². The summed E-state index contributed by atoms with van der Waals surface area (Å²) >= 11 is 5.70. The Morgan fingerprint density at radius 3 is 2.67 bits per heavy atom. The smallest absolute Gasteiger partial charge is 0.289 e. The lowest BCUT2D eigenvalue weighted by molar-refractivity contribution is -0.384. The molecule has 5 nitrogen and oxygen atoms in total.